The van der Waals surface area contributed by atoms with Crippen molar-refractivity contribution in [3.8, 4) is 0 Å². The molecule has 7 nitrogen and oxygen atoms in total. The third-order valence-corrected chi connectivity index (χ3v) is 8.81. The Morgan fingerprint density at radius 3 is 2.48 bits per heavy atom. The molecule has 2 N–H and O–H groups in total. The minimum atomic E-state index is -0.767. The van der Waals surface area contributed by atoms with E-state index in [1.807, 2.05) is 11.0 Å². The Bertz CT molecular complexity index is 1140. The van der Waals surface area contributed by atoms with Gasteiger partial charge in [0.15, 0.2) is 0 Å². The first-order chi connectivity index (χ1) is 20.2. The van der Waals surface area contributed by atoms with Crippen molar-refractivity contribution in [2.24, 2.45) is 11.8 Å². The summed E-state index contributed by atoms with van der Waals surface area (Å²) >= 11 is 0. The molecule has 1 aliphatic heterocycles. The van der Waals surface area contributed by atoms with Gasteiger partial charge < -0.3 is 25.0 Å². The number of nitrogens with zero attached hydrogens (tertiary/aromatic N) is 2. The second-order valence-electron chi connectivity index (χ2n) is 12.5. The highest BCUT2D eigenvalue weighted by atomic mass is 19.1. The zero-order valence-corrected chi connectivity index (χ0v) is 25.4. The highest BCUT2D eigenvalue weighted by molar-refractivity contribution is 5.73. The van der Waals surface area contributed by atoms with Crippen molar-refractivity contribution < 1.29 is 23.8 Å². The third kappa shape index (κ3) is 9.01. The molecule has 8 heteroatoms. The van der Waals surface area contributed by atoms with E-state index in [4.69, 9.17) is 4.74 Å². The third-order valence-electron chi connectivity index (χ3n) is 8.81. The van der Waals surface area contributed by atoms with Gasteiger partial charge in [-0.2, -0.15) is 0 Å². The molecular weight excluding hydrogens is 533 g/mol. The maximum Gasteiger partial charge on any atom is 0.410 e. The molecule has 1 saturated carbocycles. The summed E-state index contributed by atoms with van der Waals surface area (Å²) in [6.07, 6.45) is 4.80. The molecule has 1 saturated heterocycles. The van der Waals surface area contributed by atoms with Gasteiger partial charge in [0.25, 0.3) is 0 Å². The van der Waals surface area contributed by atoms with E-state index in [-0.39, 0.29) is 30.6 Å². The number of carboxylic acids is 1. The molecule has 0 aromatic heterocycles. The van der Waals surface area contributed by atoms with Crippen LogP contribution in [-0.2, 0) is 16.1 Å². The van der Waals surface area contributed by atoms with Gasteiger partial charge in [-0.1, -0.05) is 63.2 Å². The minimum Gasteiger partial charge on any atom is -0.480 e. The first-order valence-corrected chi connectivity index (χ1v) is 15.7. The van der Waals surface area contributed by atoms with Crippen LogP contribution in [0.5, 0.6) is 0 Å². The van der Waals surface area contributed by atoms with Gasteiger partial charge >= 0.3 is 12.1 Å². The molecule has 42 heavy (non-hydrogen) atoms. The summed E-state index contributed by atoms with van der Waals surface area (Å²) in [5.41, 5.74) is 1.97. The number of benzene rings is 2. The van der Waals surface area contributed by atoms with Crippen LogP contribution >= 0.6 is 0 Å². The SMILES string of the molecule is CCCN(C(=O)OCc1cccc(F)c1)C1CCN(C[C@H]2CC(NC(CC(C)C)C(=O)O)C[C@@H]2c2ccccc2)CC1. The maximum atomic E-state index is 13.5. The molecule has 2 aromatic carbocycles. The number of nitrogens with one attached hydrogen (secondary N) is 1. The second-order valence-corrected chi connectivity index (χ2v) is 12.5. The fourth-order valence-electron chi connectivity index (χ4n) is 6.83. The molecular formula is C34H48FN3O4. The molecule has 230 valence electrons. The number of aliphatic carboxylic acids is 1. The standard InChI is InChI=1S/C34H48FN3O4/c1-4-15-38(34(41)42-23-25-9-8-12-28(35)19-25)30-13-16-37(17-14-30)22-27-20-29(36-32(33(39)40)18-24(2)3)21-31(27)26-10-6-5-7-11-26/h5-12,19,24,27,29-32,36H,4,13-18,20-23H2,1-3H3,(H,39,40)/t27-,29?,31-,32?/m1/s1. The summed E-state index contributed by atoms with van der Waals surface area (Å²) in [6.45, 7) is 9.67. The van der Waals surface area contributed by atoms with Gasteiger partial charge in [0.05, 0.1) is 0 Å². The number of carbonyl (C=O) groups is 2. The first-order valence-electron chi connectivity index (χ1n) is 15.7. The van der Waals surface area contributed by atoms with Crippen LogP contribution in [-0.4, -0.2) is 71.3 Å². The predicted octanol–water partition coefficient (Wildman–Crippen LogP) is 6.29. The van der Waals surface area contributed by atoms with Crippen molar-refractivity contribution in [2.45, 2.75) is 89.9 Å². The lowest BCUT2D eigenvalue weighted by molar-refractivity contribution is -0.140. The fourth-order valence-corrected chi connectivity index (χ4v) is 6.83. The largest absolute Gasteiger partial charge is 0.480 e. The van der Waals surface area contributed by atoms with Gasteiger partial charge in [-0.05, 0) is 79.5 Å². The number of amides is 1. The van der Waals surface area contributed by atoms with Gasteiger partial charge in [0.1, 0.15) is 18.5 Å². The van der Waals surface area contributed by atoms with Crippen LogP contribution in [0, 0.1) is 17.7 Å². The average Bonchev–Trinajstić information content (AvgIpc) is 3.37. The average molecular weight is 582 g/mol. The summed E-state index contributed by atoms with van der Waals surface area (Å²) < 4.78 is 19.1. The molecule has 0 radical (unpaired) electrons. The van der Waals surface area contributed by atoms with Gasteiger partial charge in [0, 0.05) is 38.3 Å². The topological polar surface area (TPSA) is 82.1 Å². The number of carbonyl (C=O) groups excluding carboxylic acids is 1. The van der Waals surface area contributed by atoms with E-state index >= 15 is 0 Å². The van der Waals surface area contributed by atoms with Crippen LogP contribution in [0.2, 0.25) is 0 Å². The van der Waals surface area contributed by atoms with Crippen LogP contribution in [0.15, 0.2) is 54.6 Å². The predicted molar refractivity (Wildman–Crippen MR) is 163 cm³/mol. The Morgan fingerprint density at radius 2 is 1.83 bits per heavy atom. The zero-order chi connectivity index (χ0) is 30.1. The number of rotatable bonds is 13. The summed E-state index contributed by atoms with van der Waals surface area (Å²) in [5, 5.41) is 13.3. The van der Waals surface area contributed by atoms with Crippen LogP contribution < -0.4 is 5.32 Å². The molecule has 0 bridgehead atoms. The van der Waals surface area contributed by atoms with Crippen molar-refractivity contribution in [2.75, 3.05) is 26.2 Å². The molecule has 2 aromatic rings. The summed E-state index contributed by atoms with van der Waals surface area (Å²) in [5.74, 6) is 0.0178. The Labute approximate surface area is 250 Å². The summed E-state index contributed by atoms with van der Waals surface area (Å²) in [6, 6.07) is 16.6. The summed E-state index contributed by atoms with van der Waals surface area (Å²) in [7, 11) is 0. The first kappa shape index (κ1) is 32.0. The number of hydrogen-bond acceptors (Lipinski definition) is 5. The molecule has 1 aliphatic carbocycles. The summed E-state index contributed by atoms with van der Waals surface area (Å²) in [4.78, 5) is 29.4. The van der Waals surface area contributed by atoms with E-state index in [1.54, 1.807) is 12.1 Å². The molecule has 2 fully saturated rings. The lowest BCUT2D eigenvalue weighted by atomic mass is 9.88. The number of halogens is 1. The van der Waals surface area contributed by atoms with Crippen molar-refractivity contribution in [1.29, 1.82) is 0 Å². The minimum absolute atomic E-state index is 0.0628. The van der Waals surface area contributed by atoms with E-state index in [9.17, 15) is 19.1 Å². The normalized spacial score (nSPS) is 22.3. The number of hydrogen-bond donors (Lipinski definition) is 2. The molecule has 4 atom stereocenters. The molecule has 4 rings (SSSR count). The van der Waals surface area contributed by atoms with E-state index in [1.165, 1.54) is 17.7 Å². The Balaban J connectivity index is 1.35. The quantitative estimate of drug-likeness (QED) is 0.289. The Hall–Kier alpha value is -2.97. The lowest BCUT2D eigenvalue weighted by Gasteiger charge is -2.39. The van der Waals surface area contributed by atoms with Crippen LogP contribution in [0.3, 0.4) is 0 Å². The van der Waals surface area contributed by atoms with Gasteiger partial charge in [-0.3, -0.25) is 4.79 Å². The second kappa shape index (κ2) is 15.5. The maximum absolute atomic E-state index is 13.5. The van der Waals surface area contributed by atoms with Crippen LogP contribution in [0.1, 0.15) is 76.3 Å². The highest BCUT2D eigenvalue weighted by Crippen LogP contribution is 2.41. The Morgan fingerprint density at radius 1 is 1.10 bits per heavy atom. The van der Waals surface area contributed by atoms with E-state index in [2.05, 4.69) is 55.3 Å². The number of carboxylic acid groups (broad SMARTS) is 1. The molecule has 2 aliphatic rings. The molecule has 1 amide bonds. The van der Waals surface area contributed by atoms with Crippen molar-refractivity contribution >= 4 is 12.1 Å². The molecule has 2 unspecified atom stereocenters. The van der Waals surface area contributed by atoms with Crippen LogP contribution in [0.4, 0.5) is 9.18 Å². The number of likely N-dealkylation sites (tertiary alicyclic amines) is 1. The monoisotopic (exact) mass is 581 g/mol. The van der Waals surface area contributed by atoms with Gasteiger partial charge in [-0.15, -0.1) is 0 Å². The number of piperidine rings is 1. The molecule has 1 heterocycles. The van der Waals surface area contributed by atoms with Crippen molar-refractivity contribution in [3.05, 3.63) is 71.5 Å². The van der Waals surface area contributed by atoms with Gasteiger partial charge in [-0.25, -0.2) is 9.18 Å². The van der Waals surface area contributed by atoms with Gasteiger partial charge in [0.2, 0.25) is 0 Å². The smallest absolute Gasteiger partial charge is 0.410 e. The number of ether oxygens (including phenoxy) is 1. The zero-order valence-electron chi connectivity index (χ0n) is 25.4. The van der Waals surface area contributed by atoms with Crippen molar-refractivity contribution in [3.63, 3.8) is 0 Å². The van der Waals surface area contributed by atoms with E-state index in [0.717, 1.165) is 51.7 Å². The highest BCUT2D eigenvalue weighted by Gasteiger charge is 2.39. The van der Waals surface area contributed by atoms with E-state index < -0.39 is 12.0 Å². The van der Waals surface area contributed by atoms with Crippen LogP contribution in [0.25, 0.3) is 0 Å². The lowest BCUT2D eigenvalue weighted by Crippen LogP contribution is -2.48. The fraction of sp³-hybridized carbons (Fsp3) is 0.588. The Kier molecular flexibility index (Phi) is 11.8. The van der Waals surface area contributed by atoms with Crippen molar-refractivity contribution in [1.82, 2.24) is 15.1 Å². The molecule has 0 spiro atoms. The van der Waals surface area contributed by atoms with E-state index in [0.29, 0.717) is 36.3 Å².